The minimum Gasteiger partial charge on any atom is -0.490 e. The largest absolute Gasteiger partial charge is 0.490 e. The van der Waals surface area contributed by atoms with Crippen LogP contribution in [-0.4, -0.2) is 85.5 Å². The second-order valence-corrected chi connectivity index (χ2v) is 16.4. The van der Waals surface area contributed by atoms with Crippen molar-refractivity contribution in [1.29, 1.82) is 0 Å². The Bertz CT molecular complexity index is 1980. The Balaban J connectivity index is 1.63. The molecule has 2 aromatic carbocycles. The molecule has 1 fully saturated rings. The minimum absolute atomic E-state index is 0.0454. The number of unbranched alkanes of at least 4 members (excludes halogenated alkanes) is 2. The number of hydrogen-bond donors (Lipinski definition) is 2. The van der Waals surface area contributed by atoms with E-state index in [0.29, 0.717) is 48.6 Å². The van der Waals surface area contributed by atoms with Crippen LogP contribution in [0.5, 0.6) is 11.5 Å². The van der Waals surface area contributed by atoms with E-state index in [2.05, 4.69) is 29.4 Å². The highest BCUT2D eigenvalue weighted by Crippen LogP contribution is 2.62. The van der Waals surface area contributed by atoms with Gasteiger partial charge in [-0.3, -0.25) is 4.98 Å². The van der Waals surface area contributed by atoms with Gasteiger partial charge in [0.2, 0.25) is 15.8 Å². The summed E-state index contributed by atoms with van der Waals surface area (Å²) in [5, 5.41) is 25.0. The summed E-state index contributed by atoms with van der Waals surface area (Å²) >= 11 is 0. The molecule has 0 radical (unpaired) electrons. The lowest BCUT2D eigenvalue weighted by atomic mass is 9.55. The van der Waals surface area contributed by atoms with Crippen molar-refractivity contribution < 1.29 is 37.7 Å². The zero-order chi connectivity index (χ0) is 39.0. The molecular formula is C43H55N3O8S. The van der Waals surface area contributed by atoms with Crippen molar-refractivity contribution in [3.05, 3.63) is 97.3 Å². The molecule has 0 bridgehead atoms. The first kappa shape index (κ1) is 40.6. The van der Waals surface area contributed by atoms with Crippen molar-refractivity contribution in [3.8, 4) is 11.5 Å². The number of ether oxygens (including phenoxy) is 3. The number of fused-ring (bicyclic) bond motifs is 3. The first-order valence-corrected chi connectivity index (χ1v) is 20.9. The summed E-state index contributed by atoms with van der Waals surface area (Å²) in [6, 6.07) is 13.8. The summed E-state index contributed by atoms with van der Waals surface area (Å²) in [7, 11) is -2.72. The van der Waals surface area contributed by atoms with Crippen molar-refractivity contribution in [1.82, 2.24) is 9.29 Å². The summed E-state index contributed by atoms with van der Waals surface area (Å²) in [5.41, 5.74) is 2.88. The second-order valence-electron chi connectivity index (χ2n) is 14.5. The third kappa shape index (κ3) is 7.97. The molecule has 1 aliphatic heterocycles. The highest BCUT2D eigenvalue weighted by atomic mass is 32.2. The van der Waals surface area contributed by atoms with Crippen LogP contribution < -0.4 is 9.47 Å². The molecule has 0 amide bonds. The zero-order valence-corrected chi connectivity index (χ0v) is 32.8. The van der Waals surface area contributed by atoms with Crippen LogP contribution in [0.25, 0.3) is 10.9 Å². The van der Waals surface area contributed by atoms with Gasteiger partial charge >= 0.3 is 0 Å². The molecular weight excluding hydrogens is 719 g/mol. The number of sulfonamides is 1. The normalized spacial score (nSPS) is 25.1. The van der Waals surface area contributed by atoms with Crippen molar-refractivity contribution in [3.63, 3.8) is 0 Å². The van der Waals surface area contributed by atoms with Gasteiger partial charge in [-0.2, -0.15) is 4.31 Å². The number of benzene rings is 2. The van der Waals surface area contributed by atoms with Crippen molar-refractivity contribution in [2.45, 2.75) is 80.9 Å². The molecule has 3 aliphatic rings. The van der Waals surface area contributed by atoms with Crippen LogP contribution in [0, 0.1) is 17.8 Å². The number of aliphatic hydroxyl groups is 2. The SMILES string of the molecule is C=CCOc1ccc2c(c1)[C@H]1[C@H](CCCCO)[C@@H](CCCCO)C=C3C(=NOC)C[C@H](N(CCC)S(=O)(=O)c4cccc5cccnc45)[C@@](OCC=C)(O2)[C@H]31. The van der Waals surface area contributed by atoms with Crippen LogP contribution in [-0.2, 0) is 19.6 Å². The fourth-order valence-corrected chi connectivity index (χ4v) is 11.0. The molecule has 11 nitrogen and oxygen atoms in total. The van der Waals surface area contributed by atoms with Crippen LogP contribution >= 0.6 is 0 Å². The third-order valence-electron chi connectivity index (χ3n) is 11.2. The van der Waals surface area contributed by atoms with Gasteiger partial charge in [0.15, 0.2) is 0 Å². The van der Waals surface area contributed by atoms with Gasteiger partial charge in [-0.05, 0) is 79.8 Å². The maximum atomic E-state index is 15.3. The van der Waals surface area contributed by atoms with Crippen LogP contribution in [0.4, 0.5) is 0 Å². The molecule has 6 atom stereocenters. The lowest BCUT2D eigenvalue weighted by Crippen LogP contribution is -2.70. The predicted octanol–water partition coefficient (Wildman–Crippen LogP) is 7.16. The van der Waals surface area contributed by atoms with Crippen molar-refractivity contribution >= 4 is 26.6 Å². The Hall–Kier alpha value is -4.07. The number of nitrogens with zero attached hydrogens (tertiary/aromatic N) is 3. The smallest absolute Gasteiger partial charge is 0.245 e. The number of aliphatic hydroxyl groups excluding tert-OH is 2. The van der Waals surface area contributed by atoms with Crippen molar-refractivity contribution in [2.75, 3.05) is 40.1 Å². The van der Waals surface area contributed by atoms with E-state index in [0.717, 1.165) is 42.2 Å². The molecule has 1 aromatic heterocycles. The van der Waals surface area contributed by atoms with E-state index in [1.165, 1.54) is 7.11 Å². The lowest BCUT2D eigenvalue weighted by molar-refractivity contribution is -0.251. The minimum atomic E-state index is -4.23. The first-order valence-electron chi connectivity index (χ1n) is 19.5. The van der Waals surface area contributed by atoms with E-state index in [-0.39, 0.29) is 55.4 Å². The Morgan fingerprint density at radius 2 is 1.80 bits per heavy atom. The second kappa shape index (κ2) is 18.3. The Kier molecular flexibility index (Phi) is 13.5. The van der Waals surface area contributed by atoms with Gasteiger partial charge < -0.3 is 29.3 Å². The molecule has 2 N–H and O–H groups in total. The summed E-state index contributed by atoms with van der Waals surface area (Å²) in [6.45, 7) is 10.6. The Morgan fingerprint density at radius 3 is 2.53 bits per heavy atom. The number of aromatic nitrogens is 1. The number of oxime groups is 1. The van der Waals surface area contributed by atoms with Gasteiger partial charge in [0.05, 0.1) is 29.8 Å². The molecule has 1 saturated carbocycles. The van der Waals surface area contributed by atoms with Gasteiger partial charge in [0.25, 0.3) is 0 Å². The van der Waals surface area contributed by atoms with Gasteiger partial charge in [0.1, 0.15) is 30.1 Å². The summed E-state index contributed by atoms with van der Waals surface area (Å²) in [4.78, 5) is 10.2. The third-order valence-corrected chi connectivity index (χ3v) is 13.1. The van der Waals surface area contributed by atoms with Crippen molar-refractivity contribution in [2.24, 2.45) is 22.9 Å². The summed E-state index contributed by atoms with van der Waals surface area (Å²) < 4.78 is 52.4. The number of para-hydroxylation sites is 1. The molecule has 0 saturated heterocycles. The zero-order valence-electron chi connectivity index (χ0n) is 32.0. The Morgan fingerprint density at radius 1 is 1.04 bits per heavy atom. The topological polar surface area (TPSA) is 140 Å². The molecule has 0 unspecified atom stereocenters. The van der Waals surface area contributed by atoms with Crippen LogP contribution in [0.3, 0.4) is 0 Å². The first-order chi connectivity index (χ1) is 26.8. The number of allylic oxidation sites excluding steroid dienone is 1. The molecule has 2 aliphatic carbocycles. The Labute approximate surface area is 325 Å². The standard InChI is InChI=1S/C43H55N3O8S/c1-5-22-46(55(49,50)38-18-12-15-30-16-13-21-44-42(30)38)39-29-36(45-51-4)34-27-31(14-8-10-23-47)33(17-9-11-24-48)40-35-28-32(52-25-6-2)19-20-37(35)54-43(39,41(34)40)53-26-7-3/h6-7,12-13,15-16,18-21,27-28,31,33,39-41,47-48H,2-3,5,8-11,14,17,22-26,29H2,1,4H3/t31-,33+,39-,40+,41+,43+/m0/s1. The number of pyridine rings is 1. The fraction of sp³-hybridized carbons (Fsp3) is 0.488. The van der Waals surface area contributed by atoms with Crippen LogP contribution in [0.15, 0.2) is 102 Å². The molecule has 3 aromatic rings. The van der Waals surface area contributed by atoms with Gasteiger partial charge in [-0.15, -0.1) is 6.58 Å². The van der Waals surface area contributed by atoms with Gasteiger partial charge in [-0.1, -0.05) is 67.9 Å². The number of rotatable bonds is 20. The maximum absolute atomic E-state index is 15.3. The van der Waals surface area contributed by atoms with E-state index in [4.69, 9.17) is 19.0 Å². The van der Waals surface area contributed by atoms with E-state index < -0.39 is 27.8 Å². The quantitative estimate of drug-likeness (QED) is 0.0696. The molecule has 0 spiro atoms. The van der Waals surface area contributed by atoms with Crippen LogP contribution in [0.2, 0.25) is 0 Å². The van der Waals surface area contributed by atoms with E-state index >= 15 is 8.42 Å². The van der Waals surface area contributed by atoms with E-state index in [1.807, 2.05) is 37.3 Å². The molecule has 55 heavy (non-hydrogen) atoms. The highest BCUT2D eigenvalue weighted by Gasteiger charge is 2.66. The molecule has 2 heterocycles. The molecule has 12 heteroatoms. The van der Waals surface area contributed by atoms with Gasteiger partial charge in [0, 0.05) is 49.2 Å². The number of hydrogen-bond acceptors (Lipinski definition) is 10. The lowest BCUT2D eigenvalue weighted by Gasteiger charge is -2.59. The predicted molar refractivity (Wildman–Crippen MR) is 214 cm³/mol. The molecule has 296 valence electrons. The van der Waals surface area contributed by atoms with Crippen LogP contribution in [0.1, 0.15) is 69.8 Å². The highest BCUT2D eigenvalue weighted by molar-refractivity contribution is 7.89. The van der Waals surface area contributed by atoms with E-state index in [1.54, 1.807) is 40.9 Å². The average Bonchev–Trinajstić information content (AvgIpc) is 3.20. The van der Waals surface area contributed by atoms with Gasteiger partial charge in [-0.25, -0.2) is 8.42 Å². The monoisotopic (exact) mass is 773 g/mol. The summed E-state index contributed by atoms with van der Waals surface area (Å²) in [6.07, 6.45) is 12.5. The fourth-order valence-electron chi connectivity index (χ4n) is 9.05. The average molecular weight is 774 g/mol. The van der Waals surface area contributed by atoms with E-state index in [9.17, 15) is 10.2 Å². The summed E-state index contributed by atoms with van der Waals surface area (Å²) in [5.74, 6) is -0.872. The maximum Gasteiger partial charge on any atom is 0.245 e. The molecule has 6 rings (SSSR count).